The number of nitrogens with one attached hydrogen (secondary N) is 2. The van der Waals surface area contributed by atoms with E-state index in [-0.39, 0.29) is 8.64 Å². The molecule has 4 rings (SSSR count). The zero-order valence-electron chi connectivity index (χ0n) is 38.9. The Morgan fingerprint density at radius 1 is 1.06 bits per heavy atom. The molecule has 1 fully saturated rings. The zero-order chi connectivity index (χ0) is 48.4. The Labute approximate surface area is 378 Å². The molecular formula is C49H72F3N4O6P. The molecule has 2 atom stereocenters. The Hall–Kier alpha value is -5.08. The second kappa shape index (κ2) is 29.3. The summed E-state index contributed by atoms with van der Waals surface area (Å²) in [6.45, 7) is 26.5. The van der Waals surface area contributed by atoms with Crippen LogP contribution in [-0.2, 0) is 25.4 Å². The third-order valence-electron chi connectivity index (χ3n) is 9.00. The molecule has 1 aliphatic rings. The molecule has 350 valence electrons. The minimum Gasteiger partial charge on any atom is -0.452 e. The van der Waals surface area contributed by atoms with Gasteiger partial charge in [-0.25, -0.2) is 4.79 Å². The summed E-state index contributed by atoms with van der Waals surface area (Å²) in [6, 6.07) is 19.9. The number of methoxy groups -OCH3 is 1. The Morgan fingerprint density at radius 2 is 1.63 bits per heavy atom. The van der Waals surface area contributed by atoms with Crippen LogP contribution in [0.25, 0.3) is 22.6 Å². The Morgan fingerprint density at radius 3 is 2.11 bits per heavy atom. The average Bonchev–Trinajstić information content (AvgIpc) is 3.24. The van der Waals surface area contributed by atoms with E-state index in [1.165, 1.54) is 0 Å². The van der Waals surface area contributed by atoms with Crippen molar-refractivity contribution in [2.75, 3.05) is 34.0 Å². The van der Waals surface area contributed by atoms with Crippen molar-refractivity contribution in [1.29, 1.82) is 5.26 Å². The molecule has 0 aliphatic carbocycles. The third kappa shape index (κ3) is 21.7. The number of ether oxygens (including phenoxy) is 3. The highest BCUT2D eigenvalue weighted by molar-refractivity contribution is 7.15. The van der Waals surface area contributed by atoms with Crippen LogP contribution in [0.15, 0.2) is 91.5 Å². The zero-order valence-corrected chi connectivity index (χ0v) is 40.0. The lowest BCUT2D eigenvalue weighted by atomic mass is 9.78. The van der Waals surface area contributed by atoms with Gasteiger partial charge in [-0.3, -0.25) is 9.78 Å². The standard InChI is InChI=1S/C43H50N4O4.C2H6O.C2H6.CHF3O.CH5P.2H2/c1-9-37(47-41(49)51-42(6,7)8)39(48)26-35(19-15-32-13-17-33(18-14-32)38-20-11-29(3)27-46-38)36-25-34(16-12-30(36)4)31(5)50-40(10-2)43(28-44)21-23-45-24-22-43;1-3-2;1-2;2-1(3,4)5;1-2;;/h11-14,16-18,20,25-27,37,45H,2,5,9,15,19,21-24H2,1,3-4,6-8H3,(H,47,49);1-2H3;1-2H3;5H;2H2,1H3;2*1H/b35-26-;;;;;;/t37-;;;;;;/m0....../s1. The van der Waals surface area contributed by atoms with E-state index < -0.39 is 29.5 Å². The van der Waals surface area contributed by atoms with Crippen molar-refractivity contribution < 1.29 is 44.9 Å². The summed E-state index contributed by atoms with van der Waals surface area (Å²) in [5, 5.41) is 22.7. The van der Waals surface area contributed by atoms with E-state index in [0.29, 0.717) is 62.3 Å². The number of amides is 1. The van der Waals surface area contributed by atoms with E-state index in [1.807, 2.05) is 77.8 Å². The number of pyridine rings is 1. The number of aryl methyl sites for hydroxylation is 3. The fourth-order valence-corrected chi connectivity index (χ4v) is 6.01. The molecule has 0 radical (unpaired) electrons. The third-order valence-corrected chi connectivity index (χ3v) is 9.00. The van der Waals surface area contributed by atoms with Gasteiger partial charge in [0.1, 0.15) is 16.8 Å². The number of carbonyl (C=O) groups is 2. The number of nitrogens with zero attached hydrogens (tertiary/aromatic N) is 2. The maximum absolute atomic E-state index is 13.8. The molecule has 10 nitrogen and oxygen atoms in total. The predicted octanol–water partition coefficient (Wildman–Crippen LogP) is 11.6. The van der Waals surface area contributed by atoms with Gasteiger partial charge < -0.3 is 30.0 Å². The number of halogens is 3. The molecule has 63 heavy (non-hydrogen) atoms. The summed E-state index contributed by atoms with van der Waals surface area (Å²) in [7, 11) is 5.67. The van der Waals surface area contributed by atoms with Crippen LogP contribution in [-0.4, -0.2) is 73.9 Å². The fourth-order valence-electron chi connectivity index (χ4n) is 6.01. The quantitative estimate of drug-likeness (QED) is 0.0661. The molecule has 0 spiro atoms. The summed E-state index contributed by atoms with van der Waals surface area (Å²) in [4.78, 5) is 31.0. The summed E-state index contributed by atoms with van der Waals surface area (Å²) in [5.74, 6) is 0.505. The molecular weight excluding hydrogens is 829 g/mol. The topological polar surface area (TPSA) is 143 Å². The van der Waals surface area contributed by atoms with Crippen LogP contribution in [0.1, 0.15) is 97.9 Å². The SMILES string of the molecule is C=C=C(OC(=C)c1ccc(C)c(/C(=C\C(=O)[C@H](CC)NC(=O)OC(C)(C)C)CCc2ccc(-c3ccc(C)cn3)cc2)c1)C1(C#N)CCNCC1.CC.COC.CP.OC(F)(F)F.[HH].[HH]. The molecule has 2 aromatic carbocycles. The van der Waals surface area contributed by atoms with E-state index in [9.17, 15) is 28.0 Å². The Bertz CT molecular complexity index is 2000. The highest BCUT2D eigenvalue weighted by Crippen LogP contribution is 2.39. The van der Waals surface area contributed by atoms with E-state index in [4.69, 9.17) is 14.6 Å². The largest absolute Gasteiger partial charge is 0.519 e. The second-order valence-electron chi connectivity index (χ2n) is 15.0. The van der Waals surface area contributed by atoms with Gasteiger partial charge in [-0.1, -0.05) is 88.8 Å². The van der Waals surface area contributed by atoms with Gasteiger partial charge in [-0.2, -0.15) is 5.26 Å². The van der Waals surface area contributed by atoms with E-state index in [1.54, 1.807) is 41.1 Å². The Kier molecular flexibility index (Phi) is 27.0. The molecule has 3 N–H and O–H groups in total. The number of aromatic nitrogens is 1. The fraction of sp³-hybridized carbons (Fsp3) is 0.449. The molecule has 1 aliphatic heterocycles. The molecule has 1 saturated heterocycles. The van der Waals surface area contributed by atoms with Crippen molar-refractivity contribution in [3.63, 3.8) is 0 Å². The lowest BCUT2D eigenvalue weighted by Crippen LogP contribution is -2.42. The lowest BCUT2D eigenvalue weighted by Gasteiger charge is -2.32. The van der Waals surface area contributed by atoms with Crippen molar-refractivity contribution in [1.82, 2.24) is 15.6 Å². The molecule has 0 saturated carbocycles. The van der Waals surface area contributed by atoms with Crippen molar-refractivity contribution >= 4 is 32.4 Å². The van der Waals surface area contributed by atoms with E-state index in [0.717, 1.165) is 39.1 Å². The van der Waals surface area contributed by atoms with Gasteiger partial charge in [0.15, 0.2) is 11.5 Å². The summed E-state index contributed by atoms with van der Waals surface area (Å²) >= 11 is 0. The van der Waals surface area contributed by atoms with Crippen molar-refractivity contribution in [3.8, 4) is 17.3 Å². The van der Waals surface area contributed by atoms with Crippen molar-refractivity contribution in [3.05, 3.63) is 119 Å². The summed E-state index contributed by atoms with van der Waals surface area (Å²) < 4.78 is 45.7. The molecule has 14 heteroatoms. The number of hydrogen-bond acceptors (Lipinski definition) is 9. The first-order chi connectivity index (χ1) is 29.7. The molecule has 3 aromatic rings. The first-order valence-corrected chi connectivity index (χ1v) is 21.9. The minimum absolute atomic E-state index is 0. The van der Waals surface area contributed by atoms with Crippen LogP contribution in [0.2, 0.25) is 0 Å². The maximum Gasteiger partial charge on any atom is 0.519 e. The average molecular weight is 901 g/mol. The number of nitriles is 1. The number of hydrogen-bond donors (Lipinski definition) is 3. The smallest absolute Gasteiger partial charge is 0.452 e. The minimum atomic E-state index is -5.00. The van der Waals surface area contributed by atoms with Gasteiger partial charge in [0, 0.05) is 34.4 Å². The molecule has 1 unspecified atom stereocenters. The maximum atomic E-state index is 13.8. The van der Waals surface area contributed by atoms with Crippen molar-refractivity contribution in [2.24, 2.45) is 5.41 Å². The number of allylic oxidation sites excluding steroid dienone is 2. The van der Waals surface area contributed by atoms with E-state index in [2.05, 4.69) is 78.8 Å². The number of piperidine rings is 1. The normalized spacial score (nSPS) is 13.3. The van der Waals surface area contributed by atoms with Gasteiger partial charge in [-0.15, -0.1) is 22.4 Å². The van der Waals surface area contributed by atoms with Gasteiger partial charge >= 0.3 is 12.5 Å². The first-order valence-electron chi connectivity index (χ1n) is 20.7. The number of carbonyl (C=O) groups excluding carboxylic acids is 2. The van der Waals surface area contributed by atoms with Crippen LogP contribution in [0.5, 0.6) is 0 Å². The number of aliphatic hydroxyl groups is 1. The number of benzene rings is 2. The van der Waals surface area contributed by atoms with Crippen LogP contribution in [0.4, 0.5) is 18.0 Å². The number of ketones is 1. The predicted molar refractivity (Wildman–Crippen MR) is 256 cm³/mol. The van der Waals surface area contributed by atoms with Crippen molar-refractivity contribution in [2.45, 2.75) is 105 Å². The highest BCUT2D eigenvalue weighted by atomic mass is 31.0. The summed E-state index contributed by atoms with van der Waals surface area (Å²) in [6.07, 6.45) is 0.646. The monoisotopic (exact) mass is 901 g/mol. The van der Waals surface area contributed by atoms with Crippen LogP contribution >= 0.6 is 9.24 Å². The van der Waals surface area contributed by atoms with Gasteiger partial charge in [0.2, 0.25) is 0 Å². The molecule has 1 amide bonds. The summed E-state index contributed by atoms with van der Waals surface area (Å²) in [5.41, 5.74) is 8.84. The first kappa shape index (κ1) is 57.9. The second-order valence-corrected chi connectivity index (χ2v) is 15.0. The number of alkyl carbamates (subject to hydrolysis) is 1. The number of rotatable bonds is 13. The van der Waals surface area contributed by atoms with Gasteiger partial charge in [0.05, 0.1) is 17.8 Å². The molecule has 2 heterocycles. The molecule has 1 aromatic heterocycles. The van der Waals surface area contributed by atoms with Gasteiger partial charge in [-0.05, 0) is 126 Å². The van der Waals surface area contributed by atoms with E-state index >= 15 is 0 Å². The molecule has 0 bridgehead atoms. The van der Waals surface area contributed by atoms with Crippen LogP contribution < -0.4 is 10.6 Å². The Balaban J connectivity index is -0.00000247. The van der Waals surface area contributed by atoms with Gasteiger partial charge in [0.25, 0.3) is 0 Å². The lowest BCUT2D eigenvalue weighted by molar-refractivity contribution is -0.295. The van der Waals surface area contributed by atoms with Crippen LogP contribution in [0, 0.1) is 30.6 Å². The number of alkyl halides is 3. The highest BCUT2D eigenvalue weighted by Gasteiger charge is 2.38. The van der Waals surface area contributed by atoms with Crippen LogP contribution in [0.3, 0.4) is 0 Å².